The quantitative estimate of drug-likeness (QED) is 0.831. The van der Waals surface area contributed by atoms with Crippen LogP contribution in [0.2, 0.25) is 0 Å². The largest absolute Gasteiger partial charge is 0.395 e. The summed E-state index contributed by atoms with van der Waals surface area (Å²) < 4.78 is 0. The van der Waals surface area contributed by atoms with E-state index >= 15 is 0 Å². The summed E-state index contributed by atoms with van der Waals surface area (Å²) in [6, 6.07) is 8.00. The lowest BCUT2D eigenvalue weighted by molar-refractivity contribution is 0.0526. The van der Waals surface area contributed by atoms with E-state index in [1.165, 1.54) is 6.42 Å². The standard InChI is InChI=1S/C14H19NO2S/c1-18-13-7-5-11(6-8-13)14(17)15(9-10-16)12-3-2-4-12/h5-8,12,16H,2-4,9-10H2,1H3. The van der Waals surface area contributed by atoms with Gasteiger partial charge in [0.05, 0.1) is 6.61 Å². The summed E-state index contributed by atoms with van der Waals surface area (Å²) in [6.07, 6.45) is 5.33. The minimum Gasteiger partial charge on any atom is -0.395 e. The third kappa shape index (κ3) is 2.87. The fraction of sp³-hybridized carbons (Fsp3) is 0.500. The van der Waals surface area contributed by atoms with Gasteiger partial charge in [0.25, 0.3) is 5.91 Å². The fourth-order valence-corrected chi connectivity index (χ4v) is 2.56. The van der Waals surface area contributed by atoms with Gasteiger partial charge in [0.1, 0.15) is 0 Å². The minimum atomic E-state index is 0.0329. The van der Waals surface area contributed by atoms with Gasteiger partial charge in [-0.25, -0.2) is 0 Å². The molecular formula is C14H19NO2S. The Labute approximate surface area is 112 Å². The van der Waals surface area contributed by atoms with Gasteiger partial charge in [-0.3, -0.25) is 4.79 Å². The highest BCUT2D eigenvalue weighted by atomic mass is 32.2. The van der Waals surface area contributed by atoms with Crippen LogP contribution >= 0.6 is 11.8 Å². The van der Waals surface area contributed by atoms with E-state index in [2.05, 4.69) is 0 Å². The summed E-state index contributed by atoms with van der Waals surface area (Å²) in [4.78, 5) is 15.4. The van der Waals surface area contributed by atoms with Gasteiger partial charge in [-0.05, 0) is 49.8 Å². The molecule has 0 spiro atoms. The summed E-state index contributed by atoms with van der Waals surface area (Å²) in [5.41, 5.74) is 0.716. The molecule has 0 atom stereocenters. The van der Waals surface area contributed by atoms with Gasteiger partial charge in [0, 0.05) is 23.0 Å². The first-order chi connectivity index (χ1) is 8.76. The van der Waals surface area contributed by atoms with E-state index in [9.17, 15) is 4.79 Å². The van der Waals surface area contributed by atoms with Crippen LogP contribution in [0.3, 0.4) is 0 Å². The van der Waals surface area contributed by atoms with Crippen LogP contribution in [0, 0.1) is 0 Å². The summed E-state index contributed by atoms with van der Waals surface area (Å²) in [6.45, 7) is 0.471. The topological polar surface area (TPSA) is 40.5 Å². The lowest BCUT2D eigenvalue weighted by Gasteiger charge is -2.37. The average molecular weight is 265 g/mol. The van der Waals surface area contributed by atoms with E-state index in [-0.39, 0.29) is 12.5 Å². The van der Waals surface area contributed by atoms with Crippen LogP contribution < -0.4 is 0 Å². The Hall–Kier alpha value is -1.00. The molecule has 1 aliphatic carbocycles. The van der Waals surface area contributed by atoms with Crippen LogP contribution in [0.25, 0.3) is 0 Å². The maximum Gasteiger partial charge on any atom is 0.254 e. The Morgan fingerprint density at radius 1 is 1.39 bits per heavy atom. The summed E-state index contributed by atoms with van der Waals surface area (Å²) in [5, 5.41) is 9.09. The number of hydrogen-bond donors (Lipinski definition) is 1. The highest BCUT2D eigenvalue weighted by Gasteiger charge is 2.28. The number of benzene rings is 1. The normalized spacial score (nSPS) is 15.2. The van der Waals surface area contributed by atoms with Crippen molar-refractivity contribution in [1.82, 2.24) is 4.90 Å². The number of carbonyl (C=O) groups is 1. The summed E-state index contributed by atoms with van der Waals surface area (Å²) in [7, 11) is 0. The first-order valence-electron chi connectivity index (χ1n) is 6.32. The highest BCUT2D eigenvalue weighted by Crippen LogP contribution is 2.26. The second kappa shape index (κ2) is 6.25. The lowest BCUT2D eigenvalue weighted by atomic mass is 9.91. The van der Waals surface area contributed by atoms with Crippen molar-refractivity contribution in [2.24, 2.45) is 0 Å². The Kier molecular flexibility index (Phi) is 4.66. The number of hydrogen-bond acceptors (Lipinski definition) is 3. The lowest BCUT2D eigenvalue weighted by Crippen LogP contribution is -2.45. The van der Waals surface area contributed by atoms with E-state index < -0.39 is 0 Å². The molecule has 1 aromatic carbocycles. The van der Waals surface area contributed by atoms with Crippen LogP contribution in [-0.2, 0) is 0 Å². The molecule has 1 aliphatic rings. The monoisotopic (exact) mass is 265 g/mol. The molecule has 0 bridgehead atoms. The van der Waals surface area contributed by atoms with Gasteiger partial charge in [-0.15, -0.1) is 11.8 Å². The first-order valence-corrected chi connectivity index (χ1v) is 7.54. The maximum absolute atomic E-state index is 12.4. The molecule has 1 N–H and O–H groups in total. The zero-order valence-corrected chi connectivity index (χ0v) is 11.4. The van der Waals surface area contributed by atoms with Crippen LogP contribution in [0.1, 0.15) is 29.6 Å². The summed E-state index contributed by atoms with van der Waals surface area (Å²) in [5.74, 6) is 0.0430. The van der Waals surface area contributed by atoms with Crippen molar-refractivity contribution in [2.45, 2.75) is 30.2 Å². The summed E-state index contributed by atoms with van der Waals surface area (Å²) >= 11 is 1.66. The number of aliphatic hydroxyl groups is 1. The zero-order valence-electron chi connectivity index (χ0n) is 10.6. The first kappa shape index (κ1) is 13.4. The molecule has 0 unspecified atom stereocenters. The predicted octanol–water partition coefficient (Wildman–Crippen LogP) is 2.40. The second-order valence-corrected chi connectivity index (χ2v) is 5.42. The molecule has 0 saturated heterocycles. The zero-order chi connectivity index (χ0) is 13.0. The molecule has 98 valence electrons. The number of aliphatic hydroxyl groups excluding tert-OH is 1. The van der Waals surface area contributed by atoms with Crippen LogP contribution in [0.4, 0.5) is 0 Å². The molecule has 0 aliphatic heterocycles. The van der Waals surface area contributed by atoms with Crippen LogP contribution in [0.5, 0.6) is 0 Å². The molecule has 1 amide bonds. The molecule has 0 radical (unpaired) electrons. The van der Waals surface area contributed by atoms with Crippen molar-refractivity contribution < 1.29 is 9.90 Å². The predicted molar refractivity (Wildman–Crippen MR) is 74.0 cm³/mol. The second-order valence-electron chi connectivity index (χ2n) is 4.54. The van der Waals surface area contributed by atoms with Gasteiger partial charge in [0.2, 0.25) is 0 Å². The van der Waals surface area contributed by atoms with Crippen LogP contribution in [0.15, 0.2) is 29.2 Å². The molecule has 0 heterocycles. The molecule has 3 nitrogen and oxygen atoms in total. The Bertz CT molecular complexity index is 401. The Morgan fingerprint density at radius 3 is 2.50 bits per heavy atom. The number of nitrogens with zero attached hydrogens (tertiary/aromatic N) is 1. The molecule has 1 aromatic rings. The van der Waals surface area contributed by atoms with Gasteiger partial charge in [-0.1, -0.05) is 0 Å². The van der Waals surface area contributed by atoms with Gasteiger partial charge >= 0.3 is 0 Å². The molecule has 4 heteroatoms. The van der Waals surface area contributed by atoms with Crippen molar-refractivity contribution in [3.63, 3.8) is 0 Å². The average Bonchev–Trinajstić information content (AvgIpc) is 2.35. The van der Waals surface area contributed by atoms with E-state index in [1.54, 1.807) is 11.8 Å². The number of carbonyl (C=O) groups excluding carboxylic acids is 1. The minimum absolute atomic E-state index is 0.0329. The Balaban J connectivity index is 2.10. The van der Waals surface area contributed by atoms with Crippen molar-refractivity contribution in [2.75, 3.05) is 19.4 Å². The van der Waals surface area contributed by atoms with Crippen molar-refractivity contribution in [3.8, 4) is 0 Å². The third-order valence-electron chi connectivity index (χ3n) is 3.45. The molecule has 1 fully saturated rings. The maximum atomic E-state index is 12.4. The van der Waals surface area contributed by atoms with Gasteiger partial charge in [-0.2, -0.15) is 0 Å². The van der Waals surface area contributed by atoms with Crippen LogP contribution in [-0.4, -0.2) is 41.4 Å². The third-order valence-corrected chi connectivity index (χ3v) is 4.20. The highest BCUT2D eigenvalue weighted by molar-refractivity contribution is 7.98. The molecule has 2 rings (SSSR count). The number of amides is 1. The van der Waals surface area contributed by atoms with E-state index in [4.69, 9.17) is 5.11 Å². The molecule has 18 heavy (non-hydrogen) atoms. The van der Waals surface area contributed by atoms with Crippen molar-refractivity contribution in [3.05, 3.63) is 29.8 Å². The fourth-order valence-electron chi connectivity index (χ4n) is 2.16. The molecular weight excluding hydrogens is 246 g/mol. The molecule has 1 saturated carbocycles. The molecule has 0 aromatic heterocycles. The number of thioether (sulfide) groups is 1. The van der Waals surface area contributed by atoms with Crippen molar-refractivity contribution >= 4 is 17.7 Å². The SMILES string of the molecule is CSc1ccc(C(=O)N(CCO)C2CCC2)cc1. The smallest absolute Gasteiger partial charge is 0.254 e. The van der Waals surface area contributed by atoms with Gasteiger partial charge < -0.3 is 10.0 Å². The van der Waals surface area contributed by atoms with Gasteiger partial charge in [0.15, 0.2) is 0 Å². The Morgan fingerprint density at radius 2 is 2.06 bits per heavy atom. The number of rotatable bonds is 5. The van der Waals surface area contributed by atoms with E-state index in [1.807, 2.05) is 35.4 Å². The van der Waals surface area contributed by atoms with E-state index in [0.29, 0.717) is 18.2 Å². The van der Waals surface area contributed by atoms with Crippen molar-refractivity contribution in [1.29, 1.82) is 0 Å². The van der Waals surface area contributed by atoms with E-state index in [0.717, 1.165) is 17.7 Å².